The molecule has 0 N–H and O–H groups in total. The average molecular weight is 304 g/mol. The molecule has 0 saturated heterocycles. The molecule has 0 heterocycles. The molecule has 2 aromatic rings. The van der Waals surface area contributed by atoms with Crippen LogP contribution in [0, 0.1) is 11.8 Å². The van der Waals surface area contributed by atoms with Gasteiger partial charge in [-0.2, -0.15) is 0 Å². The second-order valence-corrected chi connectivity index (χ2v) is 8.26. The van der Waals surface area contributed by atoms with E-state index in [4.69, 9.17) is 9.05 Å². The van der Waals surface area contributed by atoms with Crippen LogP contribution >= 0.6 is 7.60 Å². The molecule has 0 radical (unpaired) electrons. The van der Waals surface area contributed by atoms with E-state index < -0.39 is 12.8 Å². The van der Waals surface area contributed by atoms with Gasteiger partial charge in [0, 0.05) is 14.2 Å². The lowest BCUT2D eigenvalue weighted by Gasteiger charge is -2.27. The van der Waals surface area contributed by atoms with Crippen LogP contribution in [0.4, 0.5) is 0 Å². The van der Waals surface area contributed by atoms with Gasteiger partial charge in [0.1, 0.15) is 5.16 Å². The van der Waals surface area contributed by atoms with Crippen molar-refractivity contribution in [1.82, 2.24) is 0 Å². The van der Waals surface area contributed by atoms with E-state index in [0.29, 0.717) is 0 Å². The molecule has 21 heavy (non-hydrogen) atoms. The highest BCUT2D eigenvalue weighted by atomic mass is 31.2. The molecule has 2 aromatic carbocycles. The summed E-state index contributed by atoms with van der Waals surface area (Å²) in [6.07, 6.45) is 0. The SMILES string of the molecule is COP(=O)(OC)C1(c2cccc3ccccc23)[C@H](C)[C@@H]1C. The predicted octanol–water partition coefficient (Wildman–Crippen LogP) is 4.81. The Bertz CT molecular complexity index is 704. The van der Waals surface area contributed by atoms with E-state index in [9.17, 15) is 4.57 Å². The Morgan fingerprint density at radius 1 is 0.952 bits per heavy atom. The molecule has 1 aliphatic rings. The van der Waals surface area contributed by atoms with E-state index in [0.717, 1.165) is 16.3 Å². The lowest BCUT2D eigenvalue weighted by molar-refractivity contribution is 0.259. The van der Waals surface area contributed by atoms with E-state index >= 15 is 0 Å². The zero-order chi connectivity index (χ0) is 15.3. The number of hydrogen-bond acceptors (Lipinski definition) is 3. The van der Waals surface area contributed by atoms with Gasteiger partial charge in [-0.3, -0.25) is 4.57 Å². The third-order valence-electron chi connectivity index (χ3n) is 5.18. The molecule has 4 heteroatoms. The highest BCUT2D eigenvalue weighted by Crippen LogP contribution is 2.81. The van der Waals surface area contributed by atoms with Crippen LogP contribution in [-0.4, -0.2) is 14.2 Å². The maximum atomic E-state index is 13.3. The lowest BCUT2D eigenvalue weighted by Crippen LogP contribution is -2.15. The molecule has 3 atom stereocenters. The Hall–Kier alpha value is -1.15. The Balaban J connectivity index is 2.31. The number of hydrogen-bond donors (Lipinski definition) is 0. The van der Waals surface area contributed by atoms with Crippen molar-refractivity contribution < 1.29 is 13.6 Å². The van der Waals surface area contributed by atoms with E-state index in [1.54, 1.807) is 0 Å². The average Bonchev–Trinajstić information content (AvgIpc) is 3.09. The molecule has 1 aliphatic carbocycles. The van der Waals surface area contributed by atoms with Gasteiger partial charge in [-0.25, -0.2) is 0 Å². The second kappa shape index (κ2) is 4.95. The van der Waals surface area contributed by atoms with Gasteiger partial charge in [0.15, 0.2) is 0 Å². The monoisotopic (exact) mass is 304 g/mol. The van der Waals surface area contributed by atoms with Crippen molar-refractivity contribution in [2.75, 3.05) is 14.2 Å². The fourth-order valence-electron chi connectivity index (χ4n) is 3.84. The zero-order valence-corrected chi connectivity index (χ0v) is 13.8. The van der Waals surface area contributed by atoms with Crippen LogP contribution in [0.2, 0.25) is 0 Å². The quantitative estimate of drug-likeness (QED) is 0.761. The van der Waals surface area contributed by atoms with Crippen molar-refractivity contribution in [3.63, 3.8) is 0 Å². The molecular weight excluding hydrogens is 283 g/mol. The summed E-state index contributed by atoms with van der Waals surface area (Å²) >= 11 is 0. The highest BCUT2D eigenvalue weighted by molar-refractivity contribution is 7.55. The molecule has 0 aromatic heterocycles. The van der Waals surface area contributed by atoms with Crippen LogP contribution < -0.4 is 0 Å². The molecule has 3 rings (SSSR count). The molecular formula is C17H21O3P. The third-order valence-corrected chi connectivity index (χ3v) is 8.11. The summed E-state index contributed by atoms with van der Waals surface area (Å²) in [5.41, 5.74) is 1.08. The van der Waals surface area contributed by atoms with Crippen molar-refractivity contribution in [3.05, 3.63) is 48.0 Å². The first-order valence-electron chi connectivity index (χ1n) is 7.22. The lowest BCUT2D eigenvalue weighted by atomic mass is 9.99. The van der Waals surface area contributed by atoms with Gasteiger partial charge in [0.05, 0.1) is 0 Å². The molecule has 0 spiro atoms. The zero-order valence-electron chi connectivity index (χ0n) is 12.9. The van der Waals surface area contributed by atoms with E-state index in [1.165, 1.54) is 14.2 Å². The first kappa shape index (κ1) is 14.8. The summed E-state index contributed by atoms with van der Waals surface area (Å²) in [6.45, 7) is 4.24. The van der Waals surface area contributed by atoms with Crippen LogP contribution in [0.25, 0.3) is 10.8 Å². The standard InChI is InChI=1S/C17H21O3P/c1-12-13(2)17(12,21(18,19-3)20-4)16-11-7-9-14-8-5-6-10-15(14)16/h5-13H,1-4H3/t12-,13+,17?. The van der Waals surface area contributed by atoms with Crippen molar-refractivity contribution in [3.8, 4) is 0 Å². The molecule has 0 bridgehead atoms. The minimum atomic E-state index is -3.21. The fourth-order valence-corrected chi connectivity index (χ4v) is 6.46. The highest BCUT2D eigenvalue weighted by Gasteiger charge is 2.72. The first-order chi connectivity index (χ1) is 10.0. The topological polar surface area (TPSA) is 35.5 Å². The summed E-state index contributed by atoms with van der Waals surface area (Å²) in [5.74, 6) is 0.517. The summed E-state index contributed by atoms with van der Waals surface area (Å²) in [5, 5.41) is 1.74. The largest absolute Gasteiger partial charge is 0.341 e. The third kappa shape index (κ3) is 1.78. The van der Waals surface area contributed by atoms with Gasteiger partial charge in [-0.15, -0.1) is 0 Å². The van der Waals surface area contributed by atoms with E-state index in [2.05, 4.69) is 38.1 Å². The van der Waals surface area contributed by atoms with Crippen molar-refractivity contribution in [1.29, 1.82) is 0 Å². The van der Waals surface area contributed by atoms with Crippen molar-refractivity contribution >= 4 is 18.4 Å². The van der Waals surface area contributed by atoms with Crippen molar-refractivity contribution in [2.45, 2.75) is 19.0 Å². The fraction of sp³-hybridized carbons (Fsp3) is 0.412. The van der Waals surface area contributed by atoms with Crippen molar-refractivity contribution in [2.24, 2.45) is 11.8 Å². The van der Waals surface area contributed by atoms with Crippen LogP contribution in [0.5, 0.6) is 0 Å². The van der Waals surface area contributed by atoms with Gasteiger partial charge in [0.25, 0.3) is 0 Å². The Labute approximate surface area is 125 Å². The Morgan fingerprint density at radius 2 is 1.52 bits per heavy atom. The van der Waals surface area contributed by atoms with Crippen LogP contribution in [-0.2, 0) is 18.8 Å². The van der Waals surface area contributed by atoms with Crippen LogP contribution in [0.15, 0.2) is 42.5 Å². The normalized spacial score (nSPS) is 28.8. The number of fused-ring (bicyclic) bond motifs is 1. The summed E-state index contributed by atoms with van der Waals surface area (Å²) in [6, 6.07) is 14.4. The Kier molecular flexibility index (Phi) is 3.48. The summed E-state index contributed by atoms with van der Waals surface area (Å²) < 4.78 is 24.0. The van der Waals surface area contributed by atoms with Gasteiger partial charge in [0.2, 0.25) is 0 Å². The molecule has 1 saturated carbocycles. The minimum Gasteiger partial charge on any atom is -0.311 e. The van der Waals surface area contributed by atoms with Crippen LogP contribution in [0.1, 0.15) is 19.4 Å². The molecule has 0 amide bonds. The maximum Gasteiger partial charge on any atom is 0.341 e. The number of rotatable bonds is 4. The van der Waals surface area contributed by atoms with Crippen LogP contribution in [0.3, 0.4) is 0 Å². The summed E-state index contributed by atoms with van der Waals surface area (Å²) in [7, 11) is -0.249. The Morgan fingerprint density at radius 3 is 2.10 bits per heavy atom. The summed E-state index contributed by atoms with van der Waals surface area (Å²) in [4.78, 5) is 0. The molecule has 0 aliphatic heterocycles. The second-order valence-electron chi connectivity index (χ2n) is 5.79. The van der Waals surface area contributed by atoms with Gasteiger partial charge < -0.3 is 9.05 Å². The first-order valence-corrected chi connectivity index (χ1v) is 8.77. The maximum absolute atomic E-state index is 13.3. The minimum absolute atomic E-state index is 0.258. The molecule has 1 unspecified atom stereocenters. The number of benzene rings is 2. The molecule has 3 nitrogen and oxygen atoms in total. The molecule has 1 fully saturated rings. The smallest absolute Gasteiger partial charge is 0.311 e. The predicted molar refractivity (Wildman–Crippen MR) is 85.6 cm³/mol. The van der Waals surface area contributed by atoms with E-state index in [-0.39, 0.29) is 11.8 Å². The van der Waals surface area contributed by atoms with Gasteiger partial charge >= 0.3 is 7.60 Å². The van der Waals surface area contributed by atoms with E-state index in [1.807, 2.05) is 18.2 Å². The van der Waals surface area contributed by atoms with Gasteiger partial charge in [-0.05, 0) is 28.2 Å². The van der Waals surface area contributed by atoms with Gasteiger partial charge in [-0.1, -0.05) is 56.3 Å². The molecule has 112 valence electrons.